The van der Waals surface area contributed by atoms with Gasteiger partial charge in [-0.1, -0.05) is 0 Å². The lowest BCUT2D eigenvalue weighted by atomic mass is 9.85. The molecule has 0 saturated heterocycles. The van der Waals surface area contributed by atoms with Crippen molar-refractivity contribution in [3.8, 4) is 0 Å². The topological polar surface area (TPSA) is 424 Å². The average Bonchev–Trinajstić information content (AvgIpc) is 2.64. The Morgan fingerprint density at radius 3 is 0.850 bits per heavy atom. The molecule has 0 aromatic heterocycles. The van der Waals surface area contributed by atoms with Gasteiger partial charge in [0.2, 0.25) is 0 Å². The molecule has 0 aliphatic heterocycles. The van der Waals surface area contributed by atoms with Gasteiger partial charge in [0, 0.05) is 0 Å². The molecule has 1 fully saturated rings. The van der Waals surface area contributed by atoms with E-state index in [0.29, 0.717) is 0 Å². The summed E-state index contributed by atoms with van der Waals surface area (Å²) in [5.41, 5.74) is 0. The number of phosphoric ester groups is 2. The van der Waals surface area contributed by atoms with Crippen molar-refractivity contribution in [2.24, 2.45) is 0 Å². The summed E-state index contributed by atoms with van der Waals surface area (Å²) in [6.07, 6.45) is -18.1. The van der Waals surface area contributed by atoms with Gasteiger partial charge >= 0.3 is 64.3 Å². The van der Waals surface area contributed by atoms with Crippen LogP contribution in [0, 0.1) is 0 Å². The van der Waals surface area contributed by atoms with Gasteiger partial charge in [-0.15, -0.1) is 18.1 Å². The van der Waals surface area contributed by atoms with E-state index in [-0.39, 0.29) is 0 Å². The highest BCUT2D eigenvalue weighted by Gasteiger charge is 2.65. The van der Waals surface area contributed by atoms with Gasteiger partial charge in [-0.05, 0) is 18.3 Å². The lowest BCUT2D eigenvalue weighted by Crippen LogP contribution is -2.66. The highest BCUT2D eigenvalue weighted by molar-refractivity contribution is 7.61. The van der Waals surface area contributed by atoms with Crippen molar-refractivity contribution in [1.82, 2.24) is 0 Å². The van der Waals surface area contributed by atoms with E-state index < -0.39 is 101 Å². The standard InChI is InChI=1S/C6H12O26P8/c7-33(8)25-1-2(26-34(9)10)5(29-39(21,22)31-37(15,16)17)4(28-36(13)14)6(3(1)27-35(11)12)30-40(23,24)32-38(18,19)20/h1-6H,(H,21,22)(H,23,24)(H2,15,16,17)(H2,18,19,20)/t1?,2-,3-,4?,5-,6+/m1/s1. The Balaban J connectivity index is 3.97. The summed E-state index contributed by atoms with van der Waals surface area (Å²) in [6.45, 7) is 0. The zero-order chi connectivity index (χ0) is 31.4. The summed E-state index contributed by atoms with van der Waals surface area (Å²) in [5, 5.41) is 0. The molecule has 8 unspecified atom stereocenters. The van der Waals surface area contributed by atoms with Crippen molar-refractivity contribution in [2.45, 2.75) is 36.6 Å². The van der Waals surface area contributed by atoms with E-state index in [1.807, 2.05) is 0 Å². The maximum Gasteiger partial charge on any atom is 0.488 e. The minimum Gasteiger partial charge on any atom is -0.566 e. The molecule has 40 heavy (non-hydrogen) atoms. The second-order valence-corrected chi connectivity index (χ2v) is 14.6. The summed E-state index contributed by atoms with van der Waals surface area (Å²) < 4.78 is 124. The van der Waals surface area contributed by atoms with Crippen molar-refractivity contribution >= 4 is 64.3 Å². The Labute approximate surface area is 222 Å². The minimum absolute atomic E-state index is 2.92. The SMILES string of the molecule is O=[P+]([O-])OC1[C@@H](O[P+](=O)[O-])[C@H](OP(=O)(O)OP(=O)(O)O)C(O[P+](=O)[O-])[C@H](OP(=O)(O)OP(=O)(O)O)[C@@H]1O[P+](=O)[O-]. The summed E-state index contributed by atoms with van der Waals surface area (Å²) in [4.78, 5) is 99.7. The van der Waals surface area contributed by atoms with Crippen LogP contribution in [0.3, 0.4) is 0 Å². The smallest absolute Gasteiger partial charge is 0.488 e. The molecule has 0 radical (unpaired) electrons. The third-order valence-electron chi connectivity index (χ3n) is 3.70. The van der Waals surface area contributed by atoms with E-state index in [1.165, 1.54) is 0 Å². The molecule has 1 aliphatic carbocycles. The van der Waals surface area contributed by atoms with Crippen LogP contribution in [0.25, 0.3) is 0 Å². The first-order chi connectivity index (χ1) is 17.8. The van der Waals surface area contributed by atoms with Crippen molar-refractivity contribution in [3.63, 3.8) is 0 Å². The Morgan fingerprint density at radius 2 is 0.650 bits per heavy atom. The summed E-state index contributed by atoms with van der Waals surface area (Å²) in [7, 11) is -41.9. The molecule has 12 atom stereocenters. The van der Waals surface area contributed by atoms with E-state index in [2.05, 4.69) is 35.8 Å². The van der Waals surface area contributed by atoms with Gasteiger partial charge in [-0.25, -0.2) is 18.3 Å². The van der Waals surface area contributed by atoms with Gasteiger partial charge in [0.15, 0.2) is 24.4 Å². The van der Waals surface area contributed by atoms with Crippen molar-refractivity contribution < 1.29 is 121 Å². The molecule has 232 valence electrons. The van der Waals surface area contributed by atoms with Crippen molar-refractivity contribution in [3.05, 3.63) is 0 Å². The number of rotatable bonds is 16. The van der Waals surface area contributed by atoms with Crippen molar-refractivity contribution in [1.29, 1.82) is 0 Å². The monoisotopic (exact) mass is 748 g/mol. The Kier molecular flexibility index (Phi) is 14.5. The quantitative estimate of drug-likeness (QED) is 0.0846. The Bertz CT molecular complexity index is 1090. The Hall–Kier alpha value is 0.600. The third kappa shape index (κ3) is 13.9. The fraction of sp³-hybridized carbons (Fsp3) is 1.00. The van der Waals surface area contributed by atoms with Crippen LogP contribution in [0.5, 0.6) is 0 Å². The lowest BCUT2D eigenvalue weighted by Gasteiger charge is -2.42. The number of hydrogen-bond acceptors (Lipinski definition) is 20. The van der Waals surface area contributed by atoms with E-state index >= 15 is 0 Å². The zero-order valence-electron chi connectivity index (χ0n) is 17.9. The maximum absolute atomic E-state index is 12.2. The predicted octanol–water partition coefficient (Wildman–Crippen LogP) is -3.20. The molecular weight excluding hydrogens is 736 g/mol. The molecule has 6 N–H and O–H groups in total. The second-order valence-electron chi connectivity index (χ2n) is 6.40. The molecule has 0 amide bonds. The maximum atomic E-state index is 12.2. The van der Waals surface area contributed by atoms with Gasteiger partial charge in [0.1, 0.15) is 12.2 Å². The molecule has 0 aromatic carbocycles. The predicted molar refractivity (Wildman–Crippen MR) is 106 cm³/mol. The van der Waals surface area contributed by atoms with Gasteiger partial charge < -0.3 is 48.9 Å². The fourth-order valence-electron chi connectivity index (χ4n) is 2.85. The highest BCUT2D eigenvalue weighted by Crippen LogP contribution is 2.62. The molecular formula is C6H12O26P8. The molecule has 1 aliphatic rings. The van der Waals surface area contributed by atoms with E-state index in [9.17, 15) is 65.9 Å². The minimum atomic E-state index is -6.29. The molecule has 0 bridgehead atoms. The fourth-order valence-corrected chi connectivity index (χ4v) is 8.16. The van der Waals surface area contributed by atoms with Crippen LogP contribution in [0.1, 0.15) is 0 Å². The van der Waals surface area contributed by atoms with Crippen LogP contribution in [0.15, 0.2) is 0 Å². The molecule has 26 nitrogen and oxygen atoms in total. The first-order valence-electron chi connectivity index (χ1n) is 8.63. The molecule has 0 aromatic rings. The average molecular weight is 748 g/mol. The lowest BCUT2D eigenvalue weighted by molar-refractivity contribution is -0.253. The molecule has 1 saturated carbocycles. The molecule has 1 rings (SSSR count). The van der Waals surface area contributed by atoms with Gasteiger partial charge in [0.05, 0.1) is 0 Å². The highest BCUT2D eigenvalue weighted by atomic mass is 31.3. The summed E-state index contributed by atoms with van der Waals surface area (Å²) in [6, 6.07) is 0. The van der Waals surface area contributed by atoms with E-state index in [1.54, 1.807) is 0 Å². The summed E-state index contributed by atoms with van der Waals surface area (Å²) >= 11 is 0. The largest absolute Gasteiger partial charge is 0.566 e. The van der Waals surface area contributed by atoms with E-state index in [4.69, 9.17) is 19.6 Å². The summed E-state index contributed by atoms with van der Waals surface area (Å²) in [5.74, 6) is 0. The third-order valence-corrected chi connectivity index (χ3v) is 9.74. The van der Waals surface area contributed by atoms with Crippen molar-refractivity contribution in [2.75, 3.05) is 0 Å². The molecule has 0 heterocycles. The van der Waals surface area contributed by atoms with Gasteiger partial charge in [0.25, 0.3) is 0 Å². The normalized spacial score (nSPS) is 30.6. The van der Waals surface area contributed by atoms with Gasteiger partial charge in [-0.3, -0.25) is 9.05 Å². The van der Waals surface area contributed by atoms with Crippen LogP contribution >= 0.6 is 64.3 Å². The van der Waals surface area contributed by atoms with Crippen LogP contribution in [0.2, 0.25) is 0 Å². The first-order valence-corrected chi connectivity index (χ1v) is 19.1. The number of hydrogen-bond donors (Lipinski definition) is 6. The Morgan fingerprint density at radius 1 is 0.450 bits per heavy atom. The first kappa shape index (κ1) is 38.6. The molecule has 34 heteroatoms. The van der Waals surface area contributed by atoms with E-state index in [0.717, 1.165) is 0 Å². The second kappa shape index (κ2) is 15.1. The van der Waals surface area contributed by atoms with Gasteiger partial charge in [-0.2, -0.15) is 8.62 Å². The van der Waals surface area contributed by atoms with Crippen LogP contribution in [-0.4, -0.2) is 66.0 Å². The van der Waals surface area contributed by atoms with Crippen LogP contribution in [-0.2, 0) is 72.3 Å². The zero-order valence-corrected chi connectivity index (χ0v) is 25.0. The molecule has 0 spiro atoms. The van der Waals surface area contributed by atoms with Crippen LogP contribution in [0.4, 0.5) is 0 Å². The van der Waals surface area contributed by atoms with Crippen LogP contribution < -0.4 is 19.6 Å². The number of phosphoric acid groups is 4.